The lowest BCUT2D eigenvalue weighted by Crippen LogP contribution is -2.29. The predicted octanol–water partition coefficient (Wildman–Crippen LogP) is 3.79. The highest BCUT2D eigenvalue weighted by Gasteiger charge is 2.35. The topological polar surface area (TPSA) is 35.5 Å². The molecule has 0 aliphatic rings. The van der Waals surface area contributed by atoms with Crippen molar-refractivity contribution in [1.29, 1.82) is 0 Å². The SMILES string of the molecule is CCOP(=O)(c1ccccc1)[C@H](C)OC(C)(C)C. The molecule has 1 rings (SSSR count). The Bertz CT molecular complexity index is 409. The van der Waals surface area contributed by atoms with Crippen molar-refractivity contribution < 1.29 is 13.8 Å². The van der Waals surface area contributed by atoms with Crippen LogP contribution in [0.4, 0.5) is 0 Å². The maximum atomic E-state index is 13.0. The van der Waals surface area contributed by atoms with Crippen molar-refractivity contribution in [2.24, 2.45) is 0 Å². The third-order valence-corrected chi connectivity index (χ3v) is 5.16. The first-order chi connectivity index (χ1) is 8.29. The number of hydrogen-bond donors (Lipinski definition) is 0. The Labute approximate surface area is 110 Å². The fourth-order valence-corrected chi connectivity index (χ4v) is 4.00. The lowest BCUT2D eigenvalue weighted by atomic mass is 10.2. The molecular formula is C14H23O3P. The summed E-state index contributed by atoms with van der Waals surface area (Å²) in [6, 6.07) is 9.29. The van der Waals surface area contributed by atoms with E-state index in [0.717, 1.165) is 0 Å². The maximum absolute atomic E-state index is 13.0. The molecule has 1 aromatic rings. The molecule has 0 fully saturated rings. The third-order valence-electron chi connectivity index (χ3n) is 2.44. The van der Waals surface area contributed by atoms with E-state index in [1.165, 1.54) is 0 Å². The summed E-state index contributed by atoms with van der Waals surface area (Å²) in [4.78, 5) is 0. The minimum absolute atomic E-state index is 0.346. The van der Waals surface area contributed by atoms with Crippen molar-refractivity contribution in [3.05, 3.63) is 30.3 Å². The number of benzene rings is 1. The minimum Gasteiger partial charge on any atom is -0.362 e. The van der Waals surface area contributed by atoms with Gasteiger partial charge >= 0.3 is 0 Å². The zero-order chi connectivity index (χ0) is 13.8. The average Bonchev–Trinajstić information content (AvgIpc) is 2.28. The first-order valence-electron chi connectivity index (χ1n) is 6.27. The van der Waals surface area contributed by atoms with Gasteiger partial charge in [-0.15, -0.1) is 0 Å². The van der Waals surface area contributed by atoms with Crippen molar-refractivity contribution in [1.82, 2.24) is 0 Å². The summed E-state index contributed by atoms with van der Waals surface area (Å²) in [7, 11) is -2.98. The van der Waals surface area contributed by atoms with Crippen molar-refractivity contribution in [2.45, 2.75) is 46.1 Å². The van der Waals surface area contributed by atoms with Gasteiger partial charge in [-0.05, 0) is 46.8 Å². The molecule has 0 aliphatic carbocycles. The lowest BCUT2D eigenvalue weighted by molar-refractivity contribution is -0.0211. The Morgan fingerprint density at radius 3 is 2.22 bits per heavy atom. The van der Waals surface area contributed by atoms with E-state index in [0.29, 0.717) is 11.9 Å². The van der Waals surface area contributed by atoms with Gasteiger partial charge in [-0.25, -0.2) is 0 Å². The molecule has 0 radical (unpaired) electrons. The molecule has 0 aliphatic heterocycles. The smallest absolute Gasteiger partial charge is 0.259 e. The summed E-state index contributed by atoms with van der Waals surface area (Å²) in [6.07, 6.45) is 0. The first-order valence-corrected chi connectivity index (χ1v) is 7.96. The van der Waals surface area contributed by atoms with E-state index < -0.39 is 13.2 Å². The Kier molecular flexibility index (Phi) is 5.15. The van der Waals surface area contributed by atoms with Gasteiger partial charge in [-0.2, -0.15) is 0 Å². The highest BCUT2D eigenvalue weighted by molar-refractivity contribution is 7.67. The molecule has 2 atom stereocenters. The molecule has 0 saturated heterocycles. The summed E-state index contributed by atoms with van der Waals surface area (Å²) in [5.74, 6) is -0.458. The largest absolute Gasteiger partial charge is 0.362 e. The van der Waals surface area contributed by atoms with Gasteiger partial charge in [0.2, 0.25) is 0 Å². The van der Waals surface area contributed by atoms with Crippen LogP contribution in [0.2, 0.25) is 0 Å². The Hall–Kier alpha value is -0.630. The predicted molar refractivity (Wildman–Crippen MR) is 75.6 cm³/mol. The van der Waals surface area contributed by atoms with Crippen molar-refractivity contribution in [2.75, 3.05) is 6.61 Å². The maximum Gasteiger partial charge on any atom is 0.259 e. The van der Waals surface area contributed by atoms with Gasteiger partial charge in [0.1, 0.15) is 5.85 Å². The summed E-state index contributed by atoms with van der Waals surface area (Å²) in [5.41, 5.74) is -0.346. The number of ether oxygens (including phenoxy) is 1. The molecule has 0 aromatic heterocycles. The molecule has 0 N–H and O–H groups in total. The average molecular weight is 270 g/mol. The number of rotatable bonds is 5. The molecule has 0 bridgehead atoms. The summed E-state index contributed by atoms with van der Waals surface area (Å²) in [6.45, 7) is 9.92. The highest BCUT2D eigenvalue weighted by atomic mass is 31.2. The monoisotopic (exact) mass is 270 g/mol. The van der Waals surface area contributed by atoms with Crippen LogP contribution < -0.4 is 5.30 Å². The van der Waals surface area contributed by atoms with Crippen LogP contribution in [-0.2, 0) is 13.8 Å². The lowest BCUT2D eigenvalue weighted by Gasteiger charge is -2.30. The standard InChI is InChI=1S/C14H23O3P/c1-6-16-18(15,12(2)17-14(3,4)5)13-10-8-7-9-11-13/h7-12H,6H2,1-5H3/t12-,18?/m1/s1. The van der Waals surface area contributed by atoms with E-state index in [9.17, 15) is 4.57 Å². The molecule has 4 heteroatoms. The van der Waals surface area contributed by atoms with Gasteiger partial charge in [-0.3, -0.25) is 4.57 Å². The van der Waals surface area contributed by atoms with Crippen LogP contribution >= 0.6 is 7.37 Å². The van der Waals surface area contributed by atoms with Gasteiger partial charge in [0.05, 0.1) is 12.2 Å². The van der Waals surface area contributed by atoms with Crippen LogP contribution in [0.1, 0.15) is 34.6 Å². The summed E-state index contributed by atoms with van der Waals surface area (Å²) >= 11 is 0. The molecule has 0 amide bonds. The van der Waals surface area contributed by atoms with E-state index in [1.54, 1.807) is 0 Å². The zero-order valence-electron chi connectivity index (χ0n) is 11.8. The molecule has 1 unspecified atom stereocenters. The van der Waals surface area contributed by atoms with Crippen LogP contribution in [0, 0.1) is 0 Å². The molecule has 1 aromatic carbocycles. The second kappa shape index (κ2) is 6.01. The van der Waals surface area contributed by atoms with E-state index in [2.05, 4.69) is 0 Å². The van der Waals surface area contributed by atoms with E-state index in [-0.39, 0.29) is 5.60 Å². The van der Waals surface area contributed by atoms with Crippen molar-refractivity contribution in [3.63, 3.8) is 0 Å². The molecule has 3 nitrogen and oxygen atoms in total. The van der Waals surface area contributed by atoms with Crippen molar-refractivity contribution in [3.8, 4) is 0 Å². The van der Waals surface area contributed by atoms with Crippen LogP contribution in [0.25, 0.3) is 0 Å². The third kappa shape index (κ3) is 3.94. The van der Waals surface area contributed by atoms with E-state index in [4.69, 9.17) is 9.26 Å². The quantitative estimate of drug-likeness (QED) is 0.764. The summed E-state index contributed by atoms with van der Waals surface area (Å²) < 4.78 is 24.4. The highest BCUT2D eigenvalue weighted by Crippen LogP contribution is 2.51. The molecule has 0 spiro atoms. The van der Waals surface area contributed by atoms with Crippen LogP contribution in [0.5, 0.6) is 0 Å². The first kappa shape index (κ1) is 15.4. The Morgan fingerprint density at radius 1 is 1.22 bits per heavy atom. The van der Waals surface area contributed by atoms with Crippen LogP contribution in [-0.4, -0.2) is 18.1 Å². The van der Waals surface area contributed by atoms with Crippen LogP contribution in [0.3, 0.4) is 0 Å². The number of hydrogen-bond acceptors (Lipinski definition) is 3. The summed E-state index contributed by atoms with van der Waals surface area (Å²) in [5, 5.41) is 0.712. The van der Waals surface area contributed by atoms with Gasteiger partial charge in [0.25, 0.3) is 7.37 Å². The normalized spacial score (nSPS) is 17.2. The molecule has 0 saturated carbocycles. The van der Waals surface area contributed by atoms with Gasteiger partial charge in [-0.1, -0.05) is 18.2 Å². The molecule has 102 valence electrons. The fraction of sp³-hybridized carbons (Fsp3) is 0.571. The molecule has 0 heterocycles. The molecular weight excluding hydrogens is 247 g/mol. The van der Waals surface area contributed by atoms with Crippen molar-refractivity contribution >= 4 is 12.7 Å². The zero-order valence-corrected chi connectivity index (χ0v) is 12.7. The van der Waals surface area contributed by atoms with Gasteiger partial charge in [0.15, 0.2) is 0 Å². The van der Waals surface area contributed by atoms with Gasteiger partial charge < -0.3 is 9.26 Å². The second-order valence-electron chi connectivity index (χ2n) is 5.18. The second-order valence-corrected chi connectivity index (χ2v) is 7.88. The molecule has 18 heavy (non-hydrogen) atoms. The fourth-order valence-electron chi connectivity index (χ4n) is 1.80. The van der Waals surface area contributed by atoms with Gasteiger partial charge in [0, 0.05) is 5.30 Å². The van der Waals surface area contributed by atoms with E-state index in [1.807, 2.05) is 65.0 Å². The Morgan fingerprint density at radius 2 is 1.78 bits per heavy atom. The Balaban J connectivity index is 3.05. The van der Waals surface area contributed by atoms with Crippen LogP contribution in [0.15, 0.2) is 30.3 Å². The minimum atomic E-state index is -2.98. The van der Waals surface area contributed by atoms with E-state index >= 15 is 0 Å².